The van der Waals surface area contributed by atoms with Crippen LogP contribution in [0.4, 0.5) is 8.78 Å². The first-order valence-corrected chi connectivity index (χ1v) is 7.55. The summed E-state index contributed by atoms with van der Waals surface area (Å²) in [5.74, 6) is -5.31. The second-order valence-corrected chi connectivity index (χ2v) is 5.62. The van der Waals surface area contributed by atoms with E-state index in [2.05, 4.69) is 0 Å². The topological polar surface area (TPSA) is 40.6 Å². The quantitative estimate of drug-likeness (QED) is 0.835. The van der Waals surface area contributed by atoms with Crippen LogP contribution in [-0.4, -0.2) is 54.2 Å². The summed E-state index contributed by atoms with van der Waals surface area (Å²) in [6.07, 6.45) is 3.61. The highest BCUT2D eigenvalue weighted by molar-refractivity contribution is 5.90. The van der Waals surface area contributed by atoms with E-state index >= 15 is 0 Å². The predicted molar refractivity (Wildman–Crippen MR) is 83.9 cm³/mol. The van der Waals surface area contributed by atoms with E-state index in [0.717, 1.165) is 17.7 Å². The molecular formula is C17H20F2N2O2. The van der Waals surface area contributed by atoms with E-state index in [1.807, 2.05) is 0 Å². The van der Waals surface area contributed by atoms with Gasteiger partial charge >= 0.3 is 5.92 Å². The Morgan fingerprint density at radius 3 is 2.43 bits per heavy atom. The van der Waals surface area contributed by atoms with Crippen LogP contribution in [0.15, 0.2) is 36.4 Å². The fraction of sp³-hybridized carbons (Fsp3) is 0.412. The molecule has 0 spiro atoms. The van der Waals surface area contributed by atoms with Crippen LogP contribution in [0, 0.1) is 0 Å². The van der Waals surface area contributed by atoms with E-state index in [-0.39, 0.29) is 12.5 Å². The first-order chi connectivity index (χ1) is 10.9. The monoisotopic (exact) mass is 322 g/mol. The number of rotatable bonds is 5. The minimum atomic E-state index is -3.64. The Hall–Kier alpha value is -2.24. The van der Waals surface area contributed by atoms with E-state index in [9.17, 15) is 18.4 Å². The molecule has 0 aromatic heterocycles. The van der Waals surface area contributed by atoms with E-state index in [1.165, 1.54) is 13.1 Å². The Bertz CT molecular complexity index is 582. The van der Waals surface area contributed by atoms with Gasteiger partial charge in [0.05, 0.1) is 6.54 Å². The highest BCUT2D eigenvalue weighted by Gasteiger charge is 2.39. The standard InChI is InChI=1S/C17H20F2N2O2/c1-20(13-15(22)21-11-5-6-12-21)16(23)17(18,19)10-9-14-7-3-2-4-8-14/h2-4,7-10H,5-6,11-13H2,1H3/b10-9+. The van der Waals surface area contributed by atoms with Gasteiger partial charge in [0, 0.05) is 20.1 Å². The lowest BCUT2D eigenvalue weighted by Gasteiger charge is -2.23. The molecule has 6 heteroatoms. The molecule has 23 heavy (non-hydrogen) atoms. The molecule has 0 saturated carbocycles. The maximum absolute atomic E-state index is 14.0. The molecule has 2 amide bonds. The van der Waals surface area contributed by atoms with Crippen molar-refractivity contribution in [3.05, 3.63) is 42.0 Å². The zero-order valence-corrected chi connectivity index (χ0v) is 13.0. The van der Waals surface area contributed by atoms with Crippen LogP contribution >= 0.6 is 0 Å². The third-order valence-corrected chi connectivity index (χ3v) is 3.75. The summed E-state index contributed by atoms with van der Waals surface area (Å²) in [5.41, 5.74) is 0.579. The van der Waals surface area contributed by atoms with E-state index in [1.54, 1.807) is 35.2 Å². The highest BCUT2D eigenvalue weighted by atomic mass is 19.3. The number of carbonyl (C=O) groups is 2. The minimum Gasteiger partial charge on any atom is -0.341 e. The Labute approximate surface area is 134 Å². The van der Waals surface area contributed by atoms with Gasteiger partial charge in [0.2, 0.25) is 5.91 Å². The molecule has 1 aromatic carbocycles. The van der Waals surface area contributed by atoms with Crippen LogP contribution < -0.4 is 0 Å². The number of carbonyl (C=O) groups excluding carboxylic acids is 2. The Balaban J connectivity index is 1.96. The van der Waals surface area contributed by atoms with Crippen molar-refractivity contribution in [2.75, 3.05) is 26.7 Å². The smallest absolute Gasteiger partial charge is 0.341 e. The van der Waals surface area contributed by atoms with Crippen LogP contribution in [0.3, 0.4) is 0 Å². The molecular weight excluding hydrogens is 302 g/mol. The molecule has 0 N–H and O–H groups in total. The Kier molecular flexibility index (Phi) is 5.47. The van der Waals surface area contributed by atoms with Crippen molar-refractivity contribution in [3.63, 3.8) is 0 Å². The predicted octanol–water partition coefficient (Wildman–Crippen LogP) is 2.42. The molecule has 1 aromatic rings. The number of halogens is 2. The zero-order chi connectivity index (χ0) is 16.9. The normalized spacial score (nSPS) is 15.2. The molecule has 1 saturated heterocycles. The molecule has 1 aliphatic rings. The number of alkyl halides is 2. The first kappa shape index (κ1) is 17.1. The van der Waals surface area contributed by atoms with Gasteiger partial charge < -0.3 is 9.80 Å². The van der Waals surface area contributed by atoms with Gasteiger partial charge in [-0.2, -0.15) is 8.78 Å². The number of nitrogens with zero attached hydrogens (tertiary/aromatic N) is 2. The summed E-state index contributed by atoms with van der Waals surface area (Å²) in [6, 6.07) is 8.55. The molecule has 1 heterocycles. The molecule has 4 nitrogen and oxygen atoms in total. The third kappa shape index (κ3) is 4.61. The molecule has 0 unspecified atom stereocenters. The van der Waals surface area contributed by atoms with Crippen molar-refractivity contribution >= 4 is 17.9 Å². The van der Waals surface area contributed by atoms with Gasteiger partial charge in [0.25, 0.3) is 5.91 Å². The molecule has 2 rings (SSSR count). The lowest BCUT2D eigenvalue weighted by Crippen LogP contribution is -2.45. The lowest BCUT2D eigenvalue weighted by atomic mass is 10.1. The molecule has 0 bridgehead atoms. The Morgan fingerprint density at radius 2 is 1.83 bits per heavy atom. The third-order valence-electron chi connectivity index (χ3n) is 3.75. The van der Waals surface area contributed by atoms with Crippen LogP contribution in [0.25, 0.3) is 6.08 Å². The first-order valence-electron chi connectivity index (χ1n) is 7.55. The van der Waals surface area contributed by atoms with Crippen molar-refractivity contribution in [3.8, 4) is 0 Å². The lowest BCUT2D eigenvalue weighted by molar-refractivity contribution is -0.152. The van der Waals surface area contributed by atoms with Gasteiger partial charge in [0.1, 0.15) is 0 Å². The van der Waals surface area contributed by atoms with Crippen molar-refractivity contribution in [2.24, 2.45) is 0 Å². The van der Waals surface area contributed by atoms with E-state index in [4.69, 9.17) is 0 Å². The number of likely N-dealkylation sites (tertiary alicyclic amines) is 1. The summed E-state index contributed by atoms with van der Waals surface area (Å²) in [7, 11) is 1.22. The second-order valence-electron chi connectivity index (χ2n) is 5.62. The Morgan fingerprint density at radius 1 is 1.22 bits per heavy atom. The number of likely N-dealkylation sites (N-methyl/N-ethyl adjacent to an activating group) is 1. The van der Waals surface area contributed by atoms with E-state index in [0.29, 0.717) is 24.7 Å². The van der Waals surface area contributed by atoms with Gasteiger partial charge in [0.15, 0.2) is 0 Å². The average molecular weight is 322 g/mol. The second kappa shape index (κ2) is 7.35. The number of hydrogen-bond donors (Lipinski definition) is 0. The van der Waals surface area contributed by atoms with E-state index < -0.39 is 11.8 Å². The van der Waals surface area contributed by atoms with Crippen LogP contribution in [0.1, 0.15) is 18.4 Å². The maximum Gasteiger partial charge on any atom is 0.343 e. The molecule has 1 fully saturated rings. The van der Waals surface area contributed by atoms with Crippen molar-refractivity contribution in [1.82, 2.24) is 9.80 Å². The SMILES string of the molecule is CN(CC(=O)N1CCCC1)C(=O)C(F)(F)/C=C/c1ccccc1. The van der Waals surface area contributed by atoms with Gasteiger partial charge in [-0.05, 0) is 24.5 Å². The largest absolute Gasteiger partial charge is 0.343 e. The molecule has 124 valence electrons. The summed E-state index contributed by atoms with van der Waals surface area (Å²) in [5, 5.41) is 0. The average Bonchev–Trinajstić information content (AvgIpc) is 3.08. The fourth-order valence-corrected chi connectivity index (χ4v) is 2.43. The summed E-state index contributed by atoms with van der Waals surface area (Å²) >= 11 is 0. The summed E-state index contributed by atoms with van der Waals surface area (Å²) in [6.45, 7) is 0.934. The van der Waals surface area contributed by atoms with Gasteiger partial charge in [-0.15, -0.1) is 0 Å². The zero-order valence-electron chi connectivity index (χ0n) is 13.0. The highest BCUT2D eigenvalue weighted by Crippen LogP contribution is 2.20. The molecule has 0 radical (unpaired) electrons. The number of hydrogen-bond acceptors (Lipinski definition) is 2. The van der Waals surface area contributed by atoms with Gasteiger partial charge in [-0.3, -0.25) is 9.59 Å². The molecule has 0 atom stereocenters. The number of benzene rings is 1. The van der Waals surface area contributed by atoms with Crippen LogP contribution in [-0.2, 0) is 9.59 Å². The van der Waals surface area contributed by atoms with Gasteiger partial charge in [-0.1, -0.05) is 36.4 Å². The summed E-state index contributed by atoms with van der Waals surface area (Å²) in [4.78, 5) is 26.2. The van der Waals surface area contributed by atoms with Crippen molar-refractivity contribution in [1.29, 1.82) is 0 Å². The van der Waals surface area contributed by atoms with Crippen molar-refractivity contribution in [2.45, 2.75) is 18.8 Å². The van der Waals surface area contributed by atoms with Crippen molar-refractivity contribution < 1.29 is 18.4 Å². The molecule has 1 aliphatic heterocycles. The number of amides is 2. The minimum absolute atomic E-state index is 0.291. The van der Waals surface area contributed by atoms with Gasteiger partial charge in [-0.25, -0.2) is 0 Å². The van der Waals surface area contributed by atoms with Crippen LogP contribution in [0.2, 0.25) is 0 Å². The van der Waals surface area contributed by atoms with Crippen LogP contribution in [0.5, 0.6) is 0 Å². The fourth-order valence-electron chi connectivity index (χ4n) is 2.43. The maximum atomic E-state index is 14.0. The summed E-state index contributed by atoms with van der Waals surface area (Å²) < 4.78 is 28.0. The molecule has 0 aliphatic carbocycles.